The largest absolute Gasteiger partial charge is 0.372 e. The molecule has 24 heavy (non-hydrogen) atoms. The van der Waals surface area contributed by atoms with Crippen LogP contribution < -0.4 is 15.5 Å². The number of rotatable bonds is 6. The van der Waals surface area contributed by atoms with Crippen molar-refractivity contribution in [3.8, 4) is 0 Å². The molecule has 1 aliphatic rings. The van der Waals surface area contributed by atoms with Crippen LogP contribution in [-0.2, 0) is 11.3 Å². The van der Waals surface area contributed by atoms with Gasteiger partial charge < -0.3 is 15.5 Å². The van der Waals surface area contributed by atoms with Gasteiger partial charge in [0.25, 0.3) is 0 Å². The number of nitrogens with zero attached hydrogens (tertiary/aromatic N) is 1. The number of carbonyl (C=O) groups is 1. The minimum atomic E-state index is -0.267. The Morgan fingerprint density at radius 1 is 1.08 bits per heavy atom. The molecule has 0 unspecified atom stereocenters. The second kappa shape index (κ2) is 7.93. The molecule has 2 aromatic rings. The molecule has 0 aliphatic carbocycles. The average Bonchev–Trinajstić information content (AvgIpc) is 3.10. The van der Waals surface area contributed by atoms with Gasteiger partial charge in [-0.25, -0.2) is 4.39 Å². The van der Waals surface area contributed by atoms with E-state index in [2.05, 4.69) is 15.5 Å². The summed E-state index contributed by atoms with van der Waals surface area (Å²) in [5.74, 6) is -0.378. The third-order valence-corrected chi connectivity index (χ3v) is 4.13. The second-order valence-electron chi connectivity index (χ2n) is 6.02. The number of hydrogen-bond donors (Lipinski definition) is 2. The number of benzene rings is 2. The Morgan fingerprint density at radius 3 is 2.54 bits per heavy atom. The van der Waals surface area contributed by atoms with Crippen molar-refractivity contribution in [2.45, 2.75) is 19.4 Å². The second-order valence-corrected chi connectivity index (χ2v) is 6.02. The lowest BCUT2D eigenvalue weighted by molar-refractivity contribution is -0.115. The van der Waals surface area contributed by atoms with Crippen LogP contribution in [0.3, 0.4) is 0 Å². The molecule has 4 nitrogen and oxygen atoms in total. The van der Waals surface area contributed by atoms with Crippen LogP contribution in [0.15, 0.2) is 48.5 Å². The van der Waals surface area contributed by atoms with Gasteiger partial charge in [-0.2, -0.15) is 0 Å². The highest BCUT2D eigenvalue weighted by Gasteiger charge is 2.12. The van der Waals surface area contributed by atoms with Crippen LogP contribution in [0.25, 0.3) is 0 Å². The van der Waals surface area contributed by atoms with E-state index in [-0.39, 0.29) is 18.3 Å². The van der Waals surface area contributed by atoms with Crippen molar-refractivity contribution < 1.29 is 9.18 Å². The van der Waals surface area contributed by atoms with Crippen molar-refractivity contribution in [2.75, 3.05) is 29.9 Å². The van der Waals surface area contributed by atoms with Crippen LogP contribution in [0.5, 0.6) is 0 Å². The molecule has 5 heteroatoms. The first-order valence-corrected chi connectivity index (χ1v) is 8.31. The van der Waals surface area contributed by atoms with E-state index in [1.165, 1.54) is 30.7 Å². The molecular formula is C19H22FN3O. The number of hydrogen-bond acceptors (Lipinski definition) is 3. The van der Waals surface area contributed by atoms with Crippen molar-refractivity contribution in [1.82, 2.24) is 5.32 Å². The van der Waals surface area contributed by atoms with Crippen LogP contribution in [0.1, 0.15) is 18.4 Å². The predicted molar refractivity (Wildman–Crippen MR) is 94.6 cm³/mol. The lowest BCUT2D eigenvalue weighted by Gasteiger charge is -2.17. The van der Waals surface area contributed by atoms with Gasteiger partial charge >= 0.3 is 0 Å². The lowest BCUT2D eigenvalue weighted by Crippen LogP contribution is -2.27. The van der Waals surface area contributed by atoms with Gasteiger partial charge in [-0.05, 0) is 54.8 Å². The maximum atomic E-state index is 13.1. The molecule has 2 aromatic carbocycles. The summed E-state index contributed by atoms with van der Waals surface area (Å²) in [6.07, 6.45) is 2.49. The summed E-state index contributed by atoms with van der Waals surface area (Å²) in [7, 11) is 0. The van der Waals surface area contributed by atoms with Gasteiger partial charge in [0.1, 0.15) is 5.82 Å². The fourth-order valence-electron chi connectivity index (χ4n) is 2.90. The zero-order valence-electron chi connectivity index (χ0n) is 13.6. The Labute approximate surface area is 141 Å². The zero-order valence-corrected chi connectivity index (χ0v) is 13.6. The first-order chi connectivity index (χ1) is 11.7. The van der Waals surface area contributed by atoms with Gasteiger partial charge in [-0.1, -0.05) is 12.1 Å². The summed E-state index contributed by atoms with van der Waals surface area (Å²) in [5, 5.41) is 5.88. The third-order valence-electron chi connectivity index (χ3n) is 4.13. The molecule has 1 saturated heterocycles. The van der Waals surface area contributed by atoms with Crippen LogP contribution in [0.2, 0.25) is 0 Å². The van der Waals surface area contributed by atoms with Crippen molar-refractivity contribution in [3.63, 3.8) is 0 Å². The molecule has 0 spiro atoms. The Balaban J connectivity index is 1.44. The van der Waals surface area contributed by atoms with E-state index in [1.54, 1.807) is 6.07 Å². The molecule has 1 aliphatic heterocycles. The topological polar surface area (TPSA) is 44.4 Å². The Morgan fingerprint density at radius 2 is 1.83 bits per heavy atom. The van der Waals surface area contributed by atoms with Gasteiger partial charge in [0.2, 0.25) is 5.91 Å². The molecule has 126 valence electrons. The van der Waals surface area contributed by atoms with E-state index in [1.807, 2.05) is 30.3 Å². The van der Waals surface area contributed by atoms with E-state index in [0.29, 0.717) is 6.54 Å². The molecule has 1 heterocycles. The third kappa shape index (κ3) is 4.55. The molecule has 1 amide bonds. The molecule has 0 atom stereocenters. The van der Waals surface area contributed by atoms with Crippen molar-refractivity contribution in [3.05, 3.63) is 59.9 Å². The fraction of sp³-hybridized carbons (Fsp3) is 0.316. The van der Waals surface area contributed by atoms with Crippen LogP contribution in [-0.4, -0.2) is 25.5 Å². The summed E-state index contributed by atoms with van der Waals surface area (Å²) in [6.45, 7) is 2.86. The van der Waals surface area contributed by atoms with E-state index in [9.17, 15) is 9.18 Å². The van der Waals surface area contributed by atoms with E-state index >= 15 is 0 Å². The van der Waals surface area contributed by atoms with E-state index in [4.69, 9.17) is 0 Å². The molecule has 0 aromatic heterocycles. The molecular weight excluding hydrogens is 305 g/mol. The summed E-state index contributed by atoms with van der Waals surface area (Å²) < 4.78 is 13.1. The van der Waals surface area contributed by atoms with Crippen molar-refractivity contribution >= 4 is 17.3 Å². The summed E-state index contributed by atoms with van der Waals surface area (Å²) >= 11 is 0. The summed E-state index contributed by atoms with van der Waals surface area (Å²) in [4.78, 5) is 14.3. The fourth-order valence-corrected chi connectivity index (χ4v) is 2.90. The summed E-state index contributed by atoms with van der Waals surface area (Å²) in [5.41, 5.74) is 2.81. The minimum absolute atomic E-state index is 0.111. The smallest absolute Gasteiger partial charge is 0.238 e. The molecule has 0 bridgehead atoms. The maximum Gasteiger partial charge on any atom is 0.238 e. The Hall–Kier alpha value is -2.40. The monoisotopic (exact) mass is 327 g/mol. The number of carbonyl (C=O) groups excluding carboxylic acids is 1. The van der Waals surface area contributed by atoms with Crippen molar-refractivity contribution in [2.24, 2.45) is 0 Å². The van der Waals surface area contributed by atoms with Gasteiger partial charge in [-0.3, -0.25) is 4.79 Å². The predicted octanol–water partition coefficient (Wildman–Crippen LogP) is 3.15. The summed E-state index contributed by atoms with van der Waals surface area (Å²) in [6, 6.07) is 14.3. The first kappa shape index (κ1) is 16.5. The lowest BCUT2D eigenvalue weighted by atomic mass is 10.2. The quantitative estimate of drug-likeness (QED) is 0.857. The van der Waals surface area contributed by atoms with Crippen molar-refractivity contribution in [1.29, 1.82) is 0 Å². The van der Waals surface area contributed by atoms with E-state index in [0.717, 1.165) is 24.3 Å². The van der Waals surface area contributed by atoms with Crippen LogP contribution in [0, 0.1) is 5.82 Å². The highest BCUT2D eigenvalue weighted by molar-refractivity contribution is 5.92. The van der Waals surface area contributed by atoms with Gasteiger partial charge in [0, 0.05) is 31.0 Å². The van der Waals surface area contributed by atoms with Gasteiger partial charge in [0.15, 0.2) is 0 Å². The van der Waals surface area contributed by atoms with Gasteiger partial charge in [-0.15, -0.1) is 0 Å². The molecule has 3 rings (SSSR count). The number of amides is 1. The molecule has 2 N–H and O–H groups in total. The first-order valence-electron chi connectivity index (χ1n) is 8.31. The highest BCUT2D eigenvalue weighted by atomic mass is 19.1. The number of halogens is 1. The number of anilines is 2. The van der Waals surface area contributed by atoms with Crippen LogP contribution >= 0.6 is 0 Å². The molecule has 1 fully saturated rings. The van der Waals surface area contributed by atoms with Gasteiger partial charge in [0.05, 0.1) is 6.54 Å². The normalized spacial score (nSPS) is 14.0. The van der Waals surface area contributed by atoms with Crippen LogP contribution in [0.4, 0.5) is 15.8 Å². The zero-order chi connectivity index (χ0) is 16.8. The number of nitrogens with one attached hydrogen (secondary N) is 2. The molecule has 0 radical (unpaired) electrons. The minimum Gasteiger partial charge on any atom is -0.372 e. The molecule has 0 saturated carbocycles. The highest BCUT2D eigenvalue weighted by Crippen LogP contribution is 2.21. The average molecular weight is 327 g/mol. The Kier molecular flexibility index (Phi) is 5.43. The Bertz CT molecular complexity index is 681. The maximum absolute atomic E-state index is 13.1. The SMILES string of the molecule is O=C(CNCc1cccc(F)c1)Nc1ccc(N2CCCC2)cc1. The standard InChI is InChI=1S/C19H22FN3O/c20-16-5-3-4-15(12-16)13-21-14-19(24)22-17-6-8-18(9-7-17)23-10-1-2-11-23/h3-9,12,21H,1-2,10-11,13-14H2,(H,22,24). The van der Waals surface area contributed by atoms with E-state index < -0.39 is 0 Å².